The number of aryl methyl sites for hydroxylation is 1. The monoisotopic (exact) mass is 173 g/mol. The van der Waals surface area contributed by atoms with Gasteiger partial charge in [0.2, 0.25) is 0 Å². The number of hydrogen-bond donors (Lipinski definition) is 0. The lowest BCUT2D eigenvalue weighted by Gasteiger charge is -2.02. The van der Waals surface area contributed by atoms with Gasteiger partial charge in [-0.3, -0.25) is 0 Å². The second-order valence-corrected chi connectivity index (χ2v) is 2.75. The van der Waals surface area contributed by atoms with Gasteiger partial charge >= 0.3 is 0 Å². The molecule has 1 rings (SSSR count). The van der Waals surface area contributed by atoms with E-state index in [0.29, 0.717) is 0 Å². The molecule has 0 aromatic heterocycles. The molecule has 0 saturated heterocycles. The van der Waals surface area contributed by atoms with Crippen LogP contribution < -0.4 is 4.74 Å². The third-order valence-electron chi connectivity index (χ3n) is 1.66. The Balaban J connectivity index is 3.03. The molecule has 2 nitrogen and oxygen atoms in total. The predicted molar refractivity (Wildman–Crippen MR) is 52.4 cm³/mol. The fourth-order valence-corrected chi connectivity index (χ4v) is 1.12. The van der Waals surface area contributed by atoms with Crippen LogP contribution in [-0.2, 0) is 0 Å². The van der Waals surface area contributed by atoms with Gasteiger partial charge in [0, 0.05) is 6.08 Å². The largest absolute Gasteiger partial charge is 0.497 e. The second-order valence-electron chi connectivity index (χ2n) is 2.75. The zero-order valence-corrected chi connectivity index (χ0v) is 7.74. The van der Waals surface area contributed by atoms with Crippen molar-refractivity contribution < 1.29 is 4.74 Å². The molecule has 0 saturated carbocycles. The molecule has 0 aliphatic heterocycles. The fraction of sp³-hybridized carbons (Fsp3) is 0.182. The molecule has 0 spiro atoms. The van der Waals surface area contributed by atoms with Crippen molar-refractivity contribution in [2.75, 3.05) is 7.11 Å². The lowest BCUT2D eigenvalue weighted by atomic mass is 10.1. The predicted octanol–water partition coefficient (Wildman–Crippen LogP) is 2.54. The lowest BCUT2D eigenvalue weighted by Crippen LogP contribution is -1.85. The summed E-state index contributed by atoms with van der Waals surface area (Å²) >= 11 is 0. The molecule has 13 heavy (non-hydrogen) atoms. The van der Waals surface area contributed by atoms with Crippen LogP contribution in [0.2, 0.25) is 0 Å². The molecule has 0 heterocycles. The highest BCUT2D eigenvalue weighted by Gasteiger charge is 1.94. The van der Waals surface area contributed by atoms with E-state index in [1.807, 2.05) is 31.2 Å². The van der Waals surface area contributed by atoms with Crippen LogP contribution in [0.4, 0.5) is 0 Å². The van der Waals surface area contributed by atoms with E-state index in [2.05, 4.69) is 0 Å². The van der Waals surface area contributed by atoms with E-state index in [4.69, 9.17) is 10.00 Å². The molecule has 0 unspecified atom stereocenters. The van der Waals surface area contributed by atoms with Crippen LogP contribution in [-0.4, -0.2) is 7.11 Å². The summed E-state index contributed by atoms with van der Waals surface area (Å²) in [5, 5.41) is 8.36. The number of rotatable bonds is 2. The van der Waals surface area contributed by atoms with Gasteiger partial charge in [0.1, 0.15) is 5.75 Å². The molecule has 0 aliphatic rings. The van der Waals surface area contributed by atoms with Gasteiger partial charge in [-0.25, -0.2) is 0 Å². The Morgan fingerprint density at radius 1 is 1.38 bits per heavy atom. The summed E-state index contributed by atoms with van der Waals surface area (Å²) in [6.45, 7) is 1.99. The van der Waals surface area contributed by atoms with Gasteiger partial charge in [-0.15, -0.1) is 0 Å². The van der Waals surface area contributed by atoms with E-state index in [1.54, 1.807) is 13.2 Å². The van der Waals surface area contributed by atoms with Gasteiger partial charge in [-0.2, -0.15) is 5.26 Å². The molecule has 0 radical (unpaired) electrons. The van der Waals surface area contributed by atoms with Crippen molar-refractivity contribution in [3.05, 3.63) is 35.4 Å². The summed E-state index contributed by atoms with van der Waals surface area (Å²) < 4.78 is 5.10. The van der Waals surface area contributed by atoms with Crippen molar-refractivity contribution in [2.45, 2.75) is 6.92 Å². The molecular weight excluding hydrogens is 162 g/mol. The maximum atomic E-state index is 8.36. The van der Waals surface area contributed by atoms with Gasteiger partial charge in [0.25, 0.3) is 0 Å². The quantitative estimate of drug-likeness (QED) is 0.644. The van der Waals surface area contributed by atoms with Crippen molar-refractivity contribution in [3.63, 3.8) is 0 Å². The molecule has 1 aromatic carbocycles. The number of nitriles is 1. The first kappa shape index (κ1) is 9.34. The topological polar surface area (TPSA) is 33.0 Å². The average Bonchev–Trinajstić information content (AvgIpc) is 2.14. The third kappa shape index (κ3) is 2.64. The molecule has 0 aliphatic carbocycles. The second kappa shape index (κ2) is 4.32. The first-order valence-corrected chi connectivity index (χ1v) is 3.98. The Bertz CT molecular complexity index is 361. The molecule has 0 amide bonds. The zero-order valence-electron chi connectivity index (χ0n) is 7.74. The van der Waals surface area contributed by atoms with Crippen LogP contribution in [0.15, 0.2) is 24.3 Å². The Labute approximate surface area is 78.1 Å². The molecule has 0 bridgehead atoms. The summed E-state index contributed by atoms with van der Waals surface area (Å²) in [5.74, 6) is 0.817. The van der Waals surface area contributed by atoms with Crippen molar-refractivity contribution in [1.82, 2.24) is 0 Å². The number of methoxy groups -OCH3 is 1. The van der Waals surface area contributed by atoms with Crippen molar-refractivity contribution in [1.29, 1.82) is 5.26 Å². The first-order chi connectivity index (χ1) is 6.26. The molecular formula is C11H11NO. The van der Waals surface area contributed by atoms with Gasteiger partial charge in [0.05, 0.1) is 13.2 Å². The summed E-state index contributed by atoms with van der Waals surface area (Å²) in [6.07, 6.45) is 3.21. The van der Waals surface area contributed by atoms with Crippen molar-refractivity contribution in [2.24, 2.45) is 0 Å². The summed E-state index contributed by atoms with van der Waals surface area (Å²) in [4.78, 5) is 0. The van der Waals surface area contributed by atoms with E-state index in [0.717, 1.165) is 16.9 Å². The van der Waals surface area contributed by atoms with Crippen molar-refractivity contribution >= 4 is 6.08 Å². The standard InChI is InChI=1S/C11H11NO/c1-9-6-10(4-3-5-12)8-11(7-9)13-2/h3-4,6-8H,1-2H3. The van der Waals surface area contributed by atoms with Crippen LogP contribution in [0.3, 0.4) is 0 Å². The Morgan fingerprint density at radius 2 is 2.15 bits per heavy atom. The SMILES string of the molecule is COc1cc(C)cc(C=CC#N)c1. The van der Waals surface area contributed by atoms with E-state index in [1.165, 1.54) is 6.08 Å². The molecule has 0 N–H and O–H groups in total. The number of allylic oxidation sites excluding steroid dienone is 1. The maximum Gasteiger partial charge on any atom is 0.119 e. The molecule has 0 atom stereocenters. The minimum absolute atomic E-state index is 0.817. The summed E-state index contributed by atoms with van der Waals surface area (Å²) in [7, 11) is 1.63. The van der Waals surface area contributed by atoms with E-state index in [-0.39, 0.29) is 0 Å². The number of hydrogen-bond acceptors (Lipinski definition) is 2. The summed E-state index contributed by atoms with van der Waals surface area (Å²) in [5.41, 5.74) is 2.11. The fourth-order valence-electron chi connectivity index (χ4n) is 1.12. The highest BCUT2D eigenvalue weighted by atomic mass is 16.5. The minimum Gasteiger partial charge on any atom is -0.497 e. The van der Waals surface area contributed by atoms with Crippen LogP contribution >= 0.6 is 0 Å². The Hall–Kier alpha value is -1.75. The van der Waals surface area contributed by atoms with Gasteiger partial charge < -0.3 is 4.74 Å². The highest BCUT2D eigenvalue weighted by molar-refractivity contribution is 5.55. The lowest BCUT2D eigenvalue weighted by molar-refractivity contribution is 0.414. The van der Waals surface area contributed by atoms with Gasteiger partial charge in [-0.05, 0) is 36.3 Å². The van der Waals surface area contributed by atoms with Gasteiger partial charge in [-0.1, -0.05) is 6.07 Å². The number of nitrogens with zero attached hydrogens (tertiary/aromatic N) is 1. The Morgan fingerprint density at radius 3 is 2.77 bits per heavy atom. The summed E-state index contributed by atoms with van der Waals surface area (Å²) in [6, 6.07) is 7.79. The number of benzene rings is 1. The smallest absolute Gasteiger partial charge is 0.119 e. The van der Waals surface area contributed by atoms with Crippen LogP contribution in [0.5, 0.6) is 5.75 Å². The maximum absolute atomic E-state index is 8.36. The highest BCUT2D eigenvalue weighted by Crippen LogP contribution is 2.17. The minimum atomic E-state index is 0.817. The van der Waals surface area contributed by atoms with Gasteiger partial charge in [0.15, 0.2) is 0 Å². The van der Waals surface area contributed by atoms with Crippen LogP contribution in [0.1, 0.15) is 11.1 Å². The van der Waals surface area contributed by atoms with E-state index < -0.39 is 0 Å². The third-order valence-corrected chi connectivity index (χ3v) is 1.66. The first-order valence-electron chi connectivity index (χ1n) is 3.98. The Kier molecular flexibility index (Phi) is 3.10. The van der Waals surface area contributed by atoms with Crippen molar-refractivity contribution in [3.8, 4) is 11.8 Å². The van der Waals surface area contributed by atoms with Crippen LogP contribution in [0.25, 0.3) is 6.08 Å². The zero-order chi connectivity index (χ0) is 9.68. The average molecular weight is 173 g/mol. The molecule has 1 aromatic rings. The van der Waals surface area contributed by atoms with Crippen LogP contribution in [0, 0.1) is 18.3 Å². The van der Waals surface area contributed by atoms with E-state index in [9.17, 15) is 0 Å². The van der Waals surface area contributed by atoms with E-state index >= 15 is 0 Å². The molecule has 0 fully saturated rings. The molecule has 2 heteroatoms. The number of ether oxygens (including phenoxy) is 1. The normalized spacial score (nSPS) is 9.92. The molecule has 66 valence electrons.